The maximum absolute atomic E-state index is 12.9. The molecule has 0 spiro atoms. The van der Waals surface area contributed by atoms with Gasteiger partial charge in [-0.1, -0.05) is 24.6 Å². The van der Waals surface area contributed by atoms with Crippen molar-refractivity contribution < 1.29 is 8.42 Å². The third kappa shape index (κ3) is 2.44. The maximum atomic E-state index is 12.9. The van der Waals surface area contributed by atoms with Crippen LogP contribution in [0.4, 0.5) is 0 Å². The number of fused-ring (bicyclic) bond motifs is 1. The normalized spacial score (nSPS) is 12.0. The van der Waals surface area contributed by atoms with Gasteiger partial charge < -0.3 is 0 Å². The number of hydrogen-bond donors (Lipinski definition) is 0. The average Bonchev–Trinajstić information content (AvgIpc) is 2.86. The van der Waals surface area contributed by atoms with Crippen molar-refractivity contribution in [3.8, 4) is 0 Å². The minimum atomic E-state index is -3.69. The van der Waals surface area contributed by atoms with Crippen LogP contribution in [0.2, 0.25) is 0 Å². The number of benzene rings is 1. The predicted molar refractivity (Wildman–Crippen MR) is 88.4 cm³/mol. The van der Waals surface area contributed by atoms with Crippen LogP contribution >= 0.6 is 15.9 Å². The van der Waals surface area contributed by atoms with E-state index in [2.05, 4.69) is 25.9 Å². The highest BCUT2D eigenvalue weighted by atomic mass is 79.9. The van der Waals surface area contributed by atoms with E-state index in [-0.39, 0.29) is 4.90 Å². The monoisotopic (exact) mass is 379 g/mol. The predicted octanol–water partition coefficient (Wildman–Crippen LogP) is 3.30. The molecule has 22 heavy (non-hydrogen) atoms. The molecule has 1 aromatic carbocycles. The lowest BCUT2D eigenvalue weighted by molar-refractivity contribution is 0.588. The first-order chi connectivity index (χ1) is 10.4. The quantitative estimate of drug-likeness (QED) is 0.700. The number of aryl methyl sites for hydroxylation is 2. The zero-order valence-electron chi connectivity index (χ0n) is 12.1. The highest BCUT2D eigenvalue weighted by Crippen LogP contribution is 2.25. The Morgan fingerprint density at radius 1 is 1.23 bits per heavy atom. The molecule has 3 rings (SSSR count). The standard InChI is InChI=1S/C15H14BrN3O2S/c1-3-11-9-19(15-14(11)18-13(16)8-17-15)22(20,21)12-6-4-10(2)5-7-12/h4-9H,3H2,1-2H3. The van der Waals surface area contributed by atoms with E-state index in [1.54, 1.807) is 30.5 Å². The van der Waals surface area contributed by atoms with Gasteiger partial charge in [0.15, 0.2) is 5.65 Å². The van der Waals surface area contributed by atoms with Gasteiger partial charge in [-0.05, 0) is 47.0 Å². The van der Waals surface area contributed by atoms with Crippen molar-refractivity contribution in [2.45, 2.75) is 25.2 Å². The molecule has 0 fully saturated rings. The second kappa shape index (κ2) is 5.48. The molecule has 2 heterocycles. The molecule has 0 saturated carbocycles. The van der Waals surface area contributed by atoms with E-state index in [1.165, 1.54) is 10.2 Å². The largest absolute Gasteiger partial charge is 0.269 e. The SMILES string of the molecule is CCc1cn(S(=O)(=O)c2ccc(C)cc2)c2ncc(Br)nc12. The number of halogens is 1. The van der Waals surface area contributed by atoms with E-state index in [0.29, 0.717) is 22.2 Å². The molecular formula is C15H14BrN3O2S. The molecule has 0 aliphatic carbocycles. The van der Waals surface area contributed by atoms with Gasteiger partial charge in [-0.3, -0.25) is 0 Å². The van der Waals surface area contributed by atoms with Crippen LogP contribution in [-0.2, 0) is 16.4 Å². The number of aromatic nitrogens is 3. The molecule has 114 valence electrons. The van der Waals surface area contributed by atoms with Crippen molar-refractivity contribution in [3.63, 3.8) is 0 Å². The summed E-state index contributed by atoms with van der Waals surface area (Å²) in [4.78, 5) is 8.83. The fraction of sp³-hybridized carbons (Fsp3) is 0.200. The van der Waals surface area contributed by atoms with E-state index in [1.807, 2.05) is 13.8 Å². The molecule has 0 aliphatic heterocycles. The van der Waals surface area contributed by atoms with Gasteiger partial charge in [-0.15, -0.1) is 0 Å². The van der Waals surface area contributed by atoms with Crippen molar-refractivity contribution in [3.05, 3.63) is 52.4 Å². The van der Waals surface area contributed by atoms with Crippen molar-refractivity contribution in [1.29, 1.82) is 0 Å². The van der Waals surface area contributed by atoms with Crippen LogP contribution in [0.25, 0.3) is 11.2 Å². The molecule has 2 aromatic heterocycles. The number of rotatable bonds is 3. The summed E-state index contributed by atoms with van der Waals surface area (Å²) < 4.78 is 27.5. The van der Waals surface area contributed by atoms with Crippen LogP contribution in [0.15, 0.2) is 46.2 Å². The molecule has 5 nitrogen and oxygen atoms in total. The van der Waals surface area contributed by atoms with Crippen molar-refractivity contribution in [1.82, 2.24) is 13.9 Å². The van der Waals surface area contributed by atoms with E-state index in [9.17, 15) is 8.42 Å². The summed E-state index contributed by atoms with van der Waals surface area (Å²) in [5.41, 5.74) is 2.81. The van der Waals surface area contributed by atoms with Crippen LogP contribution in [0.3, 0.4) is 0 Å². The van der Waals surface area contributed by atoms with E-state index < -0.39 is 10.0 Å². The van der Waals surface area contributed by atoms with Crippen molar-refractivity contribution >= 4 is 37.1 Å². The summed E-state index contributed by atoms with van der Waals surface area (Å²) in [5.74, 6) is 0. The van der Waals surface area contributed by atoms with Crippen LogP contribution in [0, 0.1) is 6.92 Å². The van der Waals surface area contributed by atoms with Gasteiger partial charge in [-0.2, -0.15) is 0 Å². The summed E-state index contributed by atoms with van der Waals surface area (Å²) in [6.07, 6.45) is 3.79. The Bertz CT molecular complexity index is 947. The van der Waals surface area contributed by atoms with Crippen LogP contribution in [-0.4, -0.2) is 22.4 Å². The topological polar surface area (TPSA) is 64.8 Å². The molecule has 0 atom stereocenters. The Morgan fingerprint density at radius 3 is 2.55 bits per heavy atom. The van der Waals surface area contributed by atoms with Crippen molar-refractivity contribution in [2.75, 3.05) is 0 Å². The average molecular weight is 380 g/mol. The second-order valence-corrected chi connectivity index (χ2v) is 7.61. The lowest BCUT2D eigenvalue weighted by Crippen LogP contribution is -2.12. The Balaban J connectivity index is 2.27. The Hall–Kier alpha value is -1.73. The number of nitrogens with zero attached hydrogens (tertiary/aromatic N) is 3. The Kier molecular flexibility index (Phi) is 3.78. The number of hydrogen-bond acceptors (Lipinski definition) is 4. The van der Waals surface area contributed by atoms with Gasteiger partial charge in [-0.25, -0.2) is 22.4 Å². The lowest BCUT2D eigenvalue weighted by Gasteiger charge is -2.07. The van der Waals surface area contributed by atoms with Gasteiger partial charge >= 0.3 is 0 Å². The first-order valence-corrected chi connectivity index (χ1v) is 9.01. The van der Waals surface area contributed by atoms with Crippen LogP contribution in [0.5, 0.6) is 0 Å². The van der Waals surface area contributed by atoms with Crippen LogP contribution < -0.4 is 0 Å². The minimum absolute atomic E-state index is 0.238. The molecule has 0 bridgehead atoms. The molecule has 7 heteroatoms. The third-order valence-corrected chi connectivity index (χ3v) is 5.51. The highest BCUT2D eigenvalue weighted by Gasteiger charge is 2.22. The molecule has 0 saturated heterocycles. The first kappa shape index (κ1) is 15.2. The molecule has 0 unspecified atom stereocenters. The molecule has 0 N–H and O–H groups in total. The van der Waals surface area contributed by atoms with E-state index in [4.69, 9.17) is 0 Å². The fourth-order valence-electron chi connectivity index (χ4n) is 2.27. The lowest BCUT2D eigenvalue weighted by atomic mass is 10.2. The van der Waals surface area contributed by atoms with Gasteiger partial charge in [0, 0.05) is 6.20 Å². The smallest absolute Gasteiger partial charge is 0.236 e. The molecule has 0 aliphatic rings. The van der Waals surface area contributed by atoms with E-state index >= 15 is 0 Å². The summed E-state index contributed by atoms with van der Waals surface area (Å²) in [5, 5.41) is 0. The molecule has 0 amide bonds. The van der Waals surface area contributed by atoms with Crippen molar-refractivity contribution in [2.24, 2.45) is 0 Å². The van der Waals surface area contributed by atoms with E-state index in [0.717, 1.165) is 11.1 Å². The third-order valence-electron chi connectivity index (χ3n) is 3.47. The summed E-state index contributed by atoms with van der Waals surface area (Å²) >= 11 is 3.28. The maximum Gasteiger partial charge on any atom is 0.269 e. The van der Waals surface area contributed by atoms with Gasteiger partial charge in [0.25, 0.3) is 10.0 Å². The van der Waals surface area contributed by atoms with Gasteiger partial charge in [0.1, 0.15) is 10.1 Å². The zero-order chi connectivity index (χ0) is 15.9. The van der Waals surface area contributed by atoms with Gasteiger partial charge in [0.05, 0.1) is 11.1 Å². The molecule has 0 radical (unpaired) electrons. The Labute approximate surface area is 137 Å². The minimum Gasteiger partial charge on any atom is -0.236 e. The second-order valence-electron chi connectivity index (χ2n) is 4.99. The van der Waals surface area contributed by atoms with Gasteiger partial charge in [0.2, 0.25) is 0 Å². The highest BCUT2D eigenvalue weighted by molar-refractivity contribution is 9.10. The Morgan fingerprint density at radius 2 is 1.91 bits per heavy atom. The zero-order valence-corrected chi connectivity index (χ0v) is 14.5. The summed E-state index contributed by atoms with van der Waals surface area (Å²) in [6, 6.07) is 6.77. The fourth-order valence-corrected chi connectivity index (χ4v) is 3.88. The van der Waals surface area contributed by atoms with Crippen LogP contribution in [0.1, 0.15) is 18.1 Å². The summed E-state index contributed by atoms with van der Waals surface area (Å²) in [7, 11) is -3.69. The molecule has 3 aromatic rings. The first-order valence-electron chi connectivity index (χ1n) is 6.78. The summed E-state index contributed by atoms with van der Waals surface area (Å²) in [6.45, 7) is 3.87. The molecular weight excluding hydrogens is 366 g/mol.